The van der Waals surface area contributed by atoms with Crippen molar-refractivity contribution in [1.29, 1.82) is 0 Å². The molecular weight excluding hydrogens is 368 g/mol. The third kappa shape index (κ3) is 3.61. The van der Waals surface area contributed by atoms with Gasteiger partial charge in [-0.3, -0.25) is 9.97 Å². The first-order valence-electron chi connectivity index (χ1n) is 11.3. The Morgan fingerprint density at radius 3 is 2.60 bits per heavy atom. The molecule has 1 fully saturated rings. The number of fused-ring (bicyclic) bond motifs is 2. The Bertz CT molecular complexity index is 1170. The molecule has 0 bridgehead atoms. The third-order valence-electron chi connectivity index (χ3n) is 6.73. The van der Waals surface area contributed by atoms with E-state index in [0.717, 1.165) is 11.0 Å². The van der Waals surface area contributed by atoms with Crippen molar-refractivity contribution < 1.29 is 0 Å². The predicted molar refractivity (Wildman–Crippen MR) is 125 cm³/mol. The van der Waals surface area contributed by atoms with E-state index in [1.165, 1.54) is 78.6 Å². The van der Waals surface area contributed by atoms with Crippen LogP contribution in [-0.4, -0.2) is 39.5 Å². The Labute approximate surface area is 178 Å². The van der Waals surface area contributed by atoms with Crippen molar-refractivity contribution in [1.82, 2.24) is 19.9 Å². The molecule has 0 atom stereocenters. The van der Waals surface area contributed by atoms with Crippen LogP contribution in [0.2, 0.25) is 0 Å². The first kappa shape index (κ1) is 19.3. The van der Waals surface area contributed by atoms with Crippen LogP contribution in [-0.2, 0) is 0 Å². The maximum atomic E-state index is 4.47. The molecule has 0 radical (unpaired) electrons. The van der Waals surface area contributed by atoms with Gasteiger partial charge in [0.25, 0.3) is 0 Å². The summed E-state index contributed by atoms with van der Waals surface area (Å²) in [6.07, 6.45) is 8.65. The zero-order chi connectivity index (χ0) is 20.5. The monoisotopic (exact) mass is 398 g/mol. The molecule has 154 valence electrons. The Hall–Kier alpha value is -2.72. The SMILES string of the molecule is CCCCN1CCC(c2ccc3[nH]c(-c4ccc5nccnc5c4)c(C)c3c2)CC1. The summed E-state index contributed by atoms with van der Waals surface area (Å²) in [5.74, 6) is 0.681. The van der Waals surface area contributed by atoms with E-state index in [4.69, 9.17) is 0 Å². The fraction of sp³-hybridized carbons (Fsp3) is 0.385. The second kappa shape index (κ2) is 8.19. The number of hydrogen-bond donors (Lipinski definition) is 1. The number of benzene rings is 2. The van der Waals surface area contributed by atoms with Crippen molar-refractivity contribution in [2.45, 2.75) is 45.4 Å². The molecule has 0 spiro atoms. The zero-order valence-electron chi connectivity index (χ0n) is 18.0. The van der Waals surface area contributed by atoms with Crippen LogP contribution in [0.3, 0.4) is 0 Å². The lowest BCUT2D eigenvalue weighted by Crippen LogP contribution is -2.33. The molecule has 0 amide bonds. The highest BCUT2D eigenvalue weighted by molar-refractivity contribution is 5.92. The molecule has 30 heavy (non-hydrogen) atoms. The number of piperidine rings is 1. The van der Waals surface area contributed by atoms with E-state index in [9.17, 15) is 0 Å². The van der Waals surface area contributed by atoms with Gasteiger partial charge in [-0.2, -0.15) is 0 Å². The number of likely N-dealkylation sites (tertiary alicyclic amines) is 1. The summed E-state index contributed by atoms with van der Waals surface area (Å²) in [5.41, 5.74) is 8.25. The second-order valence-electron chi connectivity index (χ2n) is 8.66. The molecule has 5 rings (SSSR count). The van der Waals surface area contributed by atoms with Crippen molar-refractivity contribution in [2.24, 2.45) is 0 Å². The average molecular weight is 399 g/mol. The molecule has 1 aliphatic heterocycles. The summed E-state index contributed by atoms with van der Waals surface area (Å²) in [6.45, 7) is 8.24. The maximum absolute atomic E-state index is 4.47. The molecule has 2 aromatic heterocycles. The molecule has 3 heterocycles. The molecule has 1 aliphatic rings. The van der Waals surface area contributed by atoms with Crippen molar-refractivity contribution in [2.75, 3.05) is 19.6 Å². The van der Waals surface area contributed by atoms with Crippen molar-refractivity contribution in [3.05, 3.63) is 59.9 Å². The summed E-state index contributed by atoms with van der Waals surface area (Å²) in [5, 5.41) is 1.34. The number of unbranched alkanes of at least 4 members (excludes halogenated alkanes) is 1. The van der Waals surface area contributed by atoms with Crippen LogP contribution in [0.25, 0.3) is 33.2 Å². The number of aromatic nitrogens is 3. The number of H-pyrrole nitrogens is 1. The van der Waals surface area contributed by atoms with E-state index < -0.39 is 0 Å². The third-order valence-corrected chi connectivity index (χ3v) is 6.73. The smallest absolute Gasteiger partial charge is 0.0893 e. The molecular formula is C26H30N4. The van der Waals surface area contributed by atoms with E-state index in [1.54, 1.807) is 12.4 Å². The Kier molecular flexibility index (Phi) is 5.26. The average Bonchev–Trinajstić information content (AvgIpc) is 3.13. The fourth-order valence-corrected chi connectivity index (χ4v) is 4.88. The first-order valence-corrected chi connectivity index (χ1v) is 11.3. The van der Waals surface area contributed by atoms with Gasteiger partial charge in [0.2, 0.25) is 0 Å². The van der Waals surface area contributed by atoms with Gasteiger partial charge in [-0.05, 0) is 87.1 Å². The molecule has 0 aliphatic carbocycles. The lowest BCUT2D eigenvalue weighted by atomic mass is 9.88. The summed E-state index contributed by atoms with van der Waals surface area (Å²) in [6, 6.07) is 13.4. The Morgan fingerprint density at radius 2 is 1.80 bits per heavy atom. The predicted octanol–water partition coefficient (Wildman–Crippen LogP) is 6.07. The van der Waals surface area contributed by atoms with Crippen LogP contribution in [0.15, 0.2) is 48.8 Å². The second-order valence-corrected chi connectivity index (χ2v) is 8.66. The van der Waals surface area contributed by atoms with Crippen molar-refractivity contribution >= 4 is 21.9 Å². The van der Waals surface area contributed by atoms with Gasteiger partial charge in [0.15, 0.2) is 0 Å². The fourth-order valence-electron chi connectivity index (χ4n) is 4.88. The topological polar surface area (TPSA) is 44.8 Å². The number of hydrogen-bond acceptors (Lipinski definition) is 3. The van der Waals surface area contributed by atoms with Gasteiger partial charge in [0, 0.05) is 34.6 Å². The quantitative estimate of drug-likeness (QED) is 0.444. The van der Waals surface area contributed by atoms with Crippen LogP contribution in [0.1, 0.15) is 49.7 Å². The molecule has 0 unspecified atom stereocenters. The van der Waals surface area contributed by atoms with Gasteiger partial charge in [0.1, 0.15) is 0 Å². The minimum absolute atomic E-state index is 0.681. The lowest BCUT2D eigenvalue weighted by molar-refractivity contribution is 0.210. The van der Waals surface area contributed by atoms with E-state index in [2.05, 4.69) is 70.1 Å². The van der Waals surface area contributed by atoms with Gasteiger partial charge >= 0.3 is 0 Å². The lowest BCUT2D eigenvalue weighted by Gasteiger charge is -2.32. The summed E-state index contributed by atoms with van der Waals surface area (Å²) < 4.78 is 0. The number of rotatable bonds is 5. The van der Waals surface area contributed by atoms with E-state index in [1.807, 2.05) is 0 Å². The Balaban J connectivity index is 1.42. The van der Waals surface area contributed by atoms with E-state index >= 15 is 0 Å². The van der Waals surface area contributed by atoms with Crippen LogP contribution >= 0.6 is 0 Å². The highest BCUT2D eigenvalue weighted by Gasteiger charge is 2.21. The van der Waals surface area contributed by atoms with Gasteiger partial charge in [-0.1, -0.05) is 25.5 Å². The van der Waals surface area contributed by atoms with Gasteiger partial charge < -0.3 is 9.88 Å². The molecule has 1 N–H and O–H groups in total. The molecule has 4 aromatic rings. The van der Waals surface area contributed by atoms with Gasteiger partial charge in [-0.15, -0.1) is 0 Å². The van der Waals surface area contributed by atoms with E-state index in [-0.39, 0.29) is 0 Å². The highest BCUT2D eigenvalue weighted by Crippen LogP contribution is 2.35. The summed E-state index contributed by atoms with van der Waals surface area (Å²) in [7, 11) is 0. The highest BCUT2D eigenvalue weighted by atomic mass is 15.1. The van der Waals surface area contributed by atoms with Crippen molar-refractivity contribution in [3.63, 3.8) is 0 Å². The van der Waals surface area contributed by atoms with Crippen LogP contribution in [0.4, 0.5) is 0 Å². The minimum Gasteiger partial charge on any atom is -0.354 e. The molecule has 0 saturated carbocycles. The number of nitrogens with one attached hydrogen (secondary N) is 1. The Morgan fingerprint density at radius 1 is 1.00 bits per heavy atom. The summed E-state index contributed by atoms with van der Waals surface area (Å²) >= 11 is 0. The van der Waals surface area contributed by atoms with Crippen LogP contribution < -0.4 is 0 Å². The minimum atomic E-state index is 0.681. The number of aryl methyl sites for hydroxylation is 1. The standard InChI is InChI=1S/C26H30N4/c1-3-4-13-30-14-9-19(10-15-30)20-5-7-23-22(16-20)18(2)26(29-23)21-6-8-24-25(17-21)28-12-11-27-24/h5-8,11-12,16-17,19,29H,3-4,9-10,13-15H2,1-2H3. The summed E-state index contributed by atoms with van der Waals surface area (Å²) in [4.78, 5) is 15.1. The number of nitrogens with zero attached hydrogens (tertiary/aromatic N) is 3. The van der Waals surface area contributed by atoms with Crippen LogP contribution in [0.5, 0.6) is 0 Å². The maximum Gasteiger partial charge on any atom is 0.0893 e. The molecule has 2 aromatic carbocycles. The normalized spacial score (nSPS) is 15.9. The number of aromatic amines is 1. The molecule has 1 saturated heterocycles. The zero-order valence-corrected chi connectivity index (χ0v) is 18.0. The van der Waals surface area contributed by atoms with Gasteiger partial charge in [0.05, 0.1) is 11.0 Å². The van der Waals surface area contributed by atoms with Crippen molar-refractivity contribution in [3.8, 4) is 11.3 Å². The van der Waals surface area contributed by atoms with E-state index in [0.29, 0.717) is 5.92 Å². The van der Waals surface area contributed by atoms with Crippen LogP contribution in [0, 0.1) is 6.92 Å². The molecule has 4 nitrogen and oxygen atoms in total. The van der Waals surface area contributed by atoms with Gasteiger partial charge in [-0.25, -0.2) is 0 Å². The first-order chi connectivity index (χ1) is 14.7. The molecule has 4 heteroatoms. The largest absolute Gasteiger partial charge is 0.354 e.